The Bertz CT molecular complexity index is 1020. The van der Waals surface area contributed by atoms with Crippen LogP contribution in [0.1, 0.15) is 17.0 Å². The summed E-state index contributed by atoms with van der Waals surface area (Å²) < 4.78 is 10.7. The van der Waals surface area contributed by atoms with Crippen molar-refractivity contribution >= 4 is 29.0 Å². The van der Waals surface area contributed by atoms with E-state index < -0.39 is 4.92 Å². The fourth-order valence-electron chi connectivity index (χ4n) is 2.46. The lowest BCUT2D eigenvalue weighted by molar-refractivity contribution is -0.384. The van der Waals surface area contributed by atoms with E-state index in [-0.39, 0.29) is 22.6 Å². The average molecular weight is 414 g/mol. The monoisotopic (exact) mass is 414 g/mol. The van der Waals surface area contributed by atoms with E-state index in [2.05, 4.69) is 15.5 Å². The number of aryl methyl sites for hydroxylation is 1. The minimum atomic E-state index is -0.507. The summed E-state index contributed by atoms with van der Waals surface area (Å²) in [5, 5.41) is 21.7. The molecule has 0 atom stereocenters. The maximum absolute atomic E-state index is 12.2. The fraction of sp³-hybridized carbons (Fsp3) is 0.211. The molecule has 1 aromatic heterocycles. The highest BCUT2D eigenvalue weighted by molar-refractivity contribution is 7.99. The summed E-state index contributed by atoms with van der Waals surface area (Å²) in [7, 11) is 1.60. The summed E-state index contributed by atoms with van der Waals surface area (Å²) >= 11 is 1.10. The number of hydrogen-bond donors (Lipinski definition) is 1. The van der Waals surface area contributed by atoms with Crippen molar-refractivity contribution in [2.75, 3.05) is 18.2 Å². The average Bonchev–Trinajstić information content (AvgIpc) is 3.16. The molecule has 1 amide bonds. The lowest BCUT2D eigenvalue weighted by Gasteiger charge is -2.07. The Hall–Kier alpha value is -3.40. The number of nitrogens with zero attached hydrogens (tertiary/aromatic N) is 3. The normalized spacial score (nSPS) is 10.6. The third kappa shape index (κ3) is 5.55. The first-order valence-electron chi connectivity index (χ1n) is 8.57. The van der Waals surface area contributed by atoms with Crippen LogP contribution in [-0.4, -0.2) is 33.9 Å². The maximum atomic E-state index is 12.2. The fourth-order valence-corrected chi connectivity index (χ4v) is 3.04. The van der Waals surface area contributed by atoms with Crippen LogP contribution in [0.2, 0.25) is 0 Å². The van der Waals surface area contributed by atoms with E-state index in [1.807, 2.05) is 24.3 Å². The summed E-state index contributed by atoms with van der Waals surface area (Å²) in [4.78, 5) is 22.5. The molecule has 0 spiro atoms. The van der Waals surface area contributed by atoms with Crippen molar-refractivity contribution in [3.05, 3.63) is 69.6 Å². The largest absolute Gasteiger partial charge is 0.497 e. The van der Waals surface area contributed by atoms with Crippen LogP contribution in [-0.2, 0) is 11.2 Å². The summed E-state index contributed by atoms with van der Waals surface area (Å²) in [6.07, 6.45) is 0.469. The minimum absolute atomic E-state index is 0.0340. The van der Waals surface area contributed by atoms with Crippen LogP contribution in [0.15, 0.2) is 52.1 Å². The number of methoxy groups -OCH3 is 1. The zero-order chi connectivity index (χ0) is 20.8. The van der Waals surface area contributed by atoms with Crippen LogP contribution in [0.4, 0.5) is 11.4 Å². The van der Waals surface area contributed by atoms with Crippen LogP contribution in [0.25, 0.3) is 0 Å². The maximum Gasteiger partial charge on any atom is 0.277 e. The Morgan fingerprint density at radius 2 is 2.00 bits per heavy atom. The second-order valence-corrected chi connectivity index (χ2v) is 7.01. The standard InChI is InChI=1S/C19H18N4O5S/c1-12-3-6-14(23(25)26)10-16(12)20-17(24)11-29-19-22-21-18(28-19)9-13-4-7-15(27-2)8-5-13/h3-8,10H,9,11H2,1-2H3,(H,20,24). The number of nitro benzene ring substituents is 1. The number of ether oxygens (including phenoxy) is 1. The predicted molar refractivity (Wildman–Crippen MR) is 107 cm³/mol. The molecule has 0 radical (unpaired) electrons. The number of anilines is 1. The van der Waals surface area contributed by atoms with Gasteiger partial charge in [-0.2, -0.15) is 0 Å². The molecule has 0 saturated carbocycles. The number of hydrogen-bond acceptors (Lipinski definition) is 8. The highest BCUT2D eigenvalue weighted by Gasteiger charge is 2.13. The number of nitrogens with one attached hydrogen (secondary N) is 1. The van der Waals surface area contributed by atoms with Gasteiger partial charge in [-0.25, -0.2) is 0 Å². The van der Waals surface area contributed by atoms with E-state index in [4.69, 9.17) is 9.15 Å². The number of carbonyl (C=O) groups excluding carboxylic acids is 1. The van der Waals surface area contributed by atoms with Crippen molar-refractivity contribution in [2.24, 2.45) is 0 Å². The predicted octanol–water partition coefficient (Wildman–Crippen LogP) is 3.62. The Morgan fingerprint density at radius 1 is 1.24 bits per heavy atom. The van der Waals surface area contributed by atoms with Gasteiger partial charge in [0.15, 0.2) is 0 Å². The van der Waals surface area contributed by atoms with Gasteiger partial charge in [-0.3, -0.25) is 14.9 Å². The van der Waals surface area contributed by atoms with Gasteiger partial charge >= 0.3 is 0 Å². The molecule has 0 aliphatic rings. The molecular weight excluding hydrogens is 396 g/mol. The van der Waals surface area contributed by atoms with Crippen LogP contribution >= 0.6 is 11.8 Å². The Labute approximate surface area is 170 Å². The van der Waals surface area contributed by atoms with Crippen LogP contribution < -0.4 is 10.1 Å². The van der Waals surface area contributed by atoms with Crippen molar-refractivity contribution in [1.82, 2.24) is 10.2 Å². The molecule has 1 heterocycles. The molecule has 3 rings (SSSR count). The van der Waals surface area contributed by atoms with Crippen LogP contribution in [0.5, 0.6) is 5.75 Å². The minimum Gasteiger partial charge on any atom is -0.497 e. The van der Waals surface area contributed by atoms with Crippen molar-refractivity contribution in [1.29, 1.82) is 0 Å². The first-order chi connectivity index (χ1) is 13.9. The molecular formula is C19H18N4O5S. The first kappa shape index (κ1) is 20.3. The number of thioether (sulfide) groups is 1. The van der Waals surface area contributed by atoms with Gasteiger partial charge in [-0.15, -0.1) is 10.2 Å². The SMILES string of the molecule is COc1ccc(Cc2nnc(SCC(=O)Nc3cc([N+](=O)[O-])ccc3C)o2)cc1. The van der Waals surface area contributed by atoms with Gasteiger partial charge in [0.2, 0.25) is 11.8 Å². The quantitative estimate of drug-likeness (QED) is 0.337. The summed E-state index contributed by atoms with van der Waals surface area (Å²) in [5.41, 5.74) is 2.03. The van der Waals surface area contributed by atoms with E-state index in [9.17, 15) is 14.9 Å². The molecule has 0 aliphatic carbocycles. The van der Waals surface area contributed by atoms with Crippen molar-refractivity contribution in [3.63, 3.8) is 0 Å². The van der Waals surface area contributed by atoms with Crippen molar-refractivity contribution in [3.8, 4) is 5.75 Å². The number of amides is 1. The molecule has 9 nitrogen and oxygen atoms in total. The number of nitro groups is 1. The van der Waals surface area contributed by atoms with E-state index in [1.165, 1.54) is 12.1 Å². The van der Waals surface area contributed by atoms with Crippen LogP contribution in [0, 0.1) is 17.0 Å². The van der Waals surface area contributed by atoms with Crippen LogP contribution in [0.3, 0.4) is 0 Å². The van der Waals surface area contributed by atoms with E-state index in [0.717, 1.165) is 28.6 Å². The van der Waals surface area contributed by atoms with Gasteiger partial charge in [0, 0.05) is 12.1 Å². The third-order valence-electron chi connectivity index (χ3n) is 4.00. The molecule has 0 bridgehead atoms. The van der Waals surface area contributed by atoms with Crippen molar-refractivity contribution in [2.45, 2.75) is 18.6 Å². The van der Waals surface area contributed by atoms with Gasteiger partial charge in [-0.05, 0) is 30.2 Å². The zero-order valence-electron chi connectivity index (χ0n) is 15.7. The topological polar surface area (TPSA) is 120 Å². The summed E-state index contributed by atoms with van der Waals surface area (Å²) in [6, 6.07) is 11.8. The zero-order valence-corrected chi connectivity index (χ0v) is 16.6. The van der Waals surface area contributed by atoms with Gasteiger partial charge in [0.1, 0.15) is 5.75 Å². The lowest BCUT2D eigenvalue weighted by atomic mass is 10.1. The van der Waals surface area contributed by atoms with E-state index in [1.54, 1.807) is 20.1 Å². The molecule has 3 aromatic rings. The molecule has 0 fully saturated rings. The molecule has 2 aromatic carbocycles. The Kier molecular flexibility index (Phi) is 6.45. The highest BCUT2D eigenvalue weighted by atomic mass is 32.2. The highest BCUT2D eigenvalue weighted by Crippen LogP contribution is 2.23. The van der Waals surface area contributed by atoms with Gasteiger partial charge in [0.25, 0.3) is 10.9 Å². The molecule has 150 valence electrons. The number of aromatic nitrogens is 2. The number of non-ortho nitro benzene ring substituents is 1. The van der Waals surface area contributed by atoms with Gasteiger partial charge in [-0.1, -0.05) is 30.0 Å². The number of rotatable bonds is 8. The van der Waals surface area contributed by atoms with E-state index in [0.29, 0.717) is 18.0 Å². The Balaban J connectivity index is 1.54. The second kappa shape index (κ2) is 9.20. The summed E-state index contributed by atoms with van der Waals surface area (Å²) in [6.45, 7) is 1.76. The molecule has 29 heavy (non-hydrogen) atoms. The van der Waals surface area contributed by atoms with Gasteiger partial charge < -0.3 is 14.5 Å². The third-order valence-corrected chi connectivity index (χ3v) is 4.81. The van der Waals surface area contributed by atoms with Crippen molar-refractivity contribution < 1.29 is 18.9 Å². The Morgan fingerprint density at radius 3 is 2.69 bits per heavy atom. The first-order valence-corrected chi connectivity index (χ1v) is 9.56. The number of benzene rings is 2. The molecule has 1 N–H and O–H groups in total. The van der Waals surface area contributed by atoms with Gasteiger partial charge in [0.05, 0.1) is 29.9 Å². The smallest absolute Gasteiger partial charge is 0.277 e. The number of carbonyl (C=O) groups is 1. The molecule has 0 saturated heterocycles. The molecule has 0 aliphatic heterocycles. The second-order valence-electron chi connectivity index (χ2n) is 6.08. The lowest BCUT2D eigenvalue weighted by Crippen LogP contribution is -2.15. The van der Waals surface area contributed by atoms with E-state index >= 15 is 0 Å². The molecule has 10 heteroatoms. The summed E-state index contributed by atoms with van der Waals surface area (Å²) in [5.74, 6) is 0.911. The molecule has 0 unspecified atom stereocenters.